The number of rotatable bonds is 4. The van der Waals surface area contributed by atoms with Crippen LogP contribution in [0.25, 0.3) is 0 Å². The highest BCUT2D eigenvalue weighted by Gasteiger charge is 1.93. The van der Waals surface area contributed by atoms with Crippen molar-refractivity contribution in [1.29, 1.82) is 0 Å². The van der Waals surface area contributed by atoms with E-state index in [1.54, 1.807) is 0 Å². The van der Waals surface area contributed by atoms with Crippen LogP contribution in [0, 0.1) is 0 Å². The van der Waals surface area contributed by atoms with E-state index < -0.39 is 0 Å². The minimum Gasteiger partial charge on any atom is -0.318 e. The third-order valence-electron chi connectivity index (χ3n) is 1.06. The second-order valence-corrected chi connectivity index (χ2v) is 2.02. The van der Waals surface area contributed by atoms with Crippen LogP contribution in [0.1, 0.15) is 13.8 Å². The summed E-state index contributed by atoms with van der Waals surface area (Å²) in [6.07, 6.45) is 0. The summed E-state index contributed by atoms with van der Waals surface area (Å²) in [4.78, 5) is 0. The van der Waals surface area contributed by atoms with Crippen LogP contribution in [0.3, 0.4) is 0 Å². The molecule has 0 aliphatic carbocycles. The van der Waals surface area contributed by atoms with Gasteiger partial charge < -0.3 is 10.6 Å². The first-order chi connectivity index (χ1) is 3.81. The average Bonchev–Trinajstić information content (AvgIpc) is 1.68. The number of likely N-dealkylation sites (N-methyl/N-ethyl adjacent to an activating group) is 2. The first-order valence-corrected chi connectivity index (χ1v) is 3.19. The SMILES string of the molecule is CCN[C@@H](C)CNC. The zero-order valence-electron chi connectivity index (χ0n) is 5.99. The van der Waals surface area contributed by atoms with E-state index >= 15 is 0 Å². The minimum atomic E-state index is 0.602. The summed E-state index contributed by atoms with van der Waals surface area (Å²) in [6.45, 7) is 6.39. The van der Waals surface area contributed by atoms with Crippen LogP contribution in [0.4, 0.5) is 0 Å². The molecule has 0 unspecified atom stereocenters. The molecular weight excluding hydrogens is 100 g/mol. The van der Waals surface area contributed by atoms with Gasteiger partial charge in [0.1, 0.15) is 0 Å². The van der Waals surface area contributed by atoms with Gasteiger partial charge in [0.05, 0.1) is 0 Å². The van der Waals surface area contributed by atoms with Crippen molar-refractivity contribution < 1.29 is 0 Å². The predicted molar refractivity (Wildman–Crippen MR) is 37.1 cm³/mol. The second-order valence-electron chi connectivity index (χ2n) is 2.02. The maximum Gasteiger partial charge on any atom is 0.0163 e. The van der Waals surface area contributed by atoms with Crippen LogP contribution >= 0.6 is 0 Å². The van der Waals surface area contributed by atoms with Gasteiger partial charge in [-0.05, 0) is 20.5 Å². The van der Waals surface area contributed by atoms with Gasteiger partial charge in [-0.2, -0.15) is 0 Å². The monoisotopic (exact) mass is 116 g/mol. The zero-order valence-corrected chi connectivity index (χ0v) is 5.99. The number of hydrogen-bond donors (Lipinski definition) is 2. The Labute approximate surface area is 51.7 Å². The molecule has 0 amide bonds. The van der Waals surface area contributed by atoms with Crippen LogP contribution in [0.15, 0.2) is 0 Å². The van der Waals surface area contributed by atoms with Crippen molar-refractivity contribution in [3.8, 4) is 0 Å². The highest BCUT2D eigenvalue weighted by Crippen LogP contribution is 1.73. The largest absolute Gasteiger partial charge is 0.318 e. The molecule has 0 aromatic carbocycles. The van der Waals surface area contributed by atoms with E-state index in [9.17, 15) is 0 Å². The van der Waals surface area contributed by atoms with Gasteiger partial charge in [0.2, 0.25) is 0 Å². The van der Waals surface area contributed by atoms with Gasteiger partial charge >= 0.3 is 0 Å². The molecule has 2 nitrogen and oxygen atoms in total. The first kappa shape index (κ1) is 7.92. The maximum atomic E-state index is 3.28. The Morgan fingerprint density at radius 3 is 2.50 bits per heavy atom. The Morgan fingerprint density at radius 1 is 1.50 bits per heavy atom. The Balaban J connectivity index is 2.92. The summed E-state index contributed by atoms with van der Waals surface area (Å²) >= 11 is 0. The van der Waals surface area contributed by atoms with Gasteiger partial charge in [-0.1, -0.05) is 6.92 Å². The summed E-state index contributed by atoms with van der Waals surface area (Å²) in [7, 11) is 1.97. The van der Waals surface area contributed by atoms with E-state index in [0.717, 1.165) is 13.1 Å². The molecule has 50 valence electrons. The van der Waals surface area contributed by atoms with Gasteiger partial charge in [-0.15, -0.1) is 0 Å². The zero-order chi connectivity index (χ0) is 6.41. The van der Waals surface area contributed by atoms with Crippen molar-refractivity contribution >= 4 is 0 Å². The van der Waals surface area contributed by atoms with Crippen LogP contribution in [-0.2, 0) is 0 Å². The van der Waals surface area contributed by atoms with Gasteiger partial charge in [0.15, 0.2) is 0 Å². The van der Waals surface area contributed by atoms with Crippen LogP contribution in [0.2, 0.25) is 0 Å². The topological polar surface area (TPSA) is 24.1 Å². The Morgan fingerprint density at radius 2 is 2.12 bits per heavy atom. The van der Waals surface area contributed by atoms with E-state index in [1.807, 2.05) is 7.05 Å². The lowest BCUT2D eigenvalue weighted by atomic mass is 10.3. The summed E-state index contributed by atoms with van der Waals surface area (Å²) < 4.78 is 0. The van der Waals surface area contributed by atoms with Crippen LogP contribution in [0.5, 0.6) is 0 Å². The Kier molecular flexibility index (Phi) is 5.01. The maximum absolute atomic E-state index is 3.28. The molecule has 0 aliphatic rings. The molecule has 0 fully saturated rings. The first-order valence-electron chi connectivity index (χ1n) is 3.19. The molecule has 0 saturated carbocycles. The standard InChI is InChI=1S/C6H16N2/c1-4-8-6(2)5-7-3/h6-8H,4-5H2,1-3H3/t6-/m0/s1. The van der Waals surface area contributed by atoms with Crippen molar-refractivity contribution in [2.24, 2.45) is 0 Å². The molecule has 0 radical (unpaired) electrons. The van der Waals surface area contributed by atoms with E-state index in [2.05, 4.69) is 24.5 Å². The lowest BCUT2D eigenvalue weighted by Crippen LogP contribution is -2.34. The van der Waals surface area contributed by atoms with Gasteiger partial charge in [-0.25, -0.2) is 0 Å². The molecule has 0 bridgehead atoms. The molecule has 1 atom stereocenters. The van der Waals surface area contributed by atoms with Crippen molar-refractivity contribution in [3.63, 3.8) is 0 Å². The number of nitrogens with one attached hydrogen (secondary N) is 2. The van der Waals surface area contributed by atoms with Crippen molar-refractivity contribution in [3.05, 3.63) is 0 Å². The smallest absolute Gasteiger partial charge is 0.0163 e. The molecule has 0 spiro atoms. The molecule has 0 aromatic heterocycles. The van der Waals surface area contributed by atoms with Crippen LogP contribution < -0.4 is 10.6 Å². The molecule has 2 heteroatoms. The van der Waals surface area contributed by atoms with Gasteiger partial charge in [0, 0.05) is 12.6 Å². The van der Waals surface area contributed by atoms with Gasteiger partial charge in [-0.3, -0.25) is 0 Å². The summed E-state index contributed by atoms with van der Waals surface area (Å²) in [5.41, 5.74) is 0. The molecule has 0 saturated heterocycles. The fourth-order valence-corrected chi connectivity index (χ4v) is 0.727. The summed E-state index contributed by atoms with van der Waals surface area (Å²) in [5, 5.41) is 6.37. The van der Waals surface area contributed by atoms with Crippen molar-refractivity contribution in [2.45, 2.75) is 19.9 Å². The van der Waals surface area contributed by atoms with Crippen LogP contribution in [-0.4, -0.2) is 26.2 Å². The normalized spacial score (nSPS) is 13.9. The molecular formula is C6H16N2. The minimum absolute atomic E-state index is 0.602. The Hall–Kier alpha value is -0.0800. The molecule has 0 aromatic rings. The molecule has 0 aliphatic heterocycles. The summed E-state index contributed by atoms with van der Waals surface area (Å²) in [5.74, 6) is 0. The highest BCUT2D eigenvalue weighted by molar-refractivity contribution is 4.59. The fourth-order valence-electron chi connectivity index (χ4n) is 0.727. The van der Waals surface area contributed by atoms with E-state index in [1.165, 1.54) is 0 Å². The van der Waals surface area contributed by atoms with Gasteiger partial charge in [0.25, 0.3) is 0 Å². The van der Waals surface area contributed by atoms with Crippen molar-refractivity contribution in [2.75, 3.05) is 20.1 Å². The molecule has 2 N–H and O–H groups in total. The second kappa shape index (κ2) is 5.06. The third kappa shape index (κ3) is 4.09. The molecule has 0 rings (SSSR count). The van der Waals surface area contributed by atoms with Crippen molar-refractivity contribution in [1.82, 2.24) is 10.6 Å². The predicted octanol–water partition coefficient (Wildman–Crippen LogP) is 0.204. The average molecular weight is 116 g/mol. The highest BCUT2D eigenvalue weighted by atomic mass is 14.9. The Bertz CT molecular complexity index is 39.8. The van der Waals surface area contributed by atoms with E-state index in [4.69, 9.17) is 0 Å². The van der Waals surface area contributed by atoms with E-state index in [-0.39, 0.29) is 0 Å². The third-order valence-corrected chi connectivity index (χ3v) is 1.06. The quantitative estimate of drug-likeness (QED) is 0.548. The van der Waals surface area contributed by atoms with E-state index in [0.29, 0.717) is 6.04 Å². The lowest BCUT2D eigenvalue weighted by Gasteiger charge is -2.09. The summed E-state index contributed by atoms with van der Waals surface area (Å²) in [6, 6.07) is 0.602. The number of hydrogen-bond acceptors (Lipinski definition) is 2. The molecule has 0 heterocycles. The fraction of sp³-hybridized carbons (Fsp3) is 1.00. The lowest BCUT2D eigenvalue weighted by molar-refractivity contribution is 0.539. The molecule has 8 heavy (non-hydrogen) atoms.